The Hall–Kier alpha value is -3.31. The Kier molecular flexibility index (Phi) is 4.88. The average Bonchev–Trinajstić information content (AvgIpc) is 3.09. The van der Waals surface area contributed by atoms with Gasteiger partial charge in [0.05, 0.1) is 29.1 Å². The van der Waals surface area contributed by atoms with Crippen molar-refractivity contribution in [3.63, 3.8) is 0 Å². The van der Waals surface area contributed by atoms with E-state index in [2.05, 4.69) is 10.4 Å². The topological polar surface area (TPSA) is 70.7 Å². The Morgan fingerprint density at radius 2 is 1.74 bits per heavy atom. The molecular weight excluding hydrogens is 381 g/mol. The molecule has 136 valence electrons. The summed E-state index contributed by atoms with van der Waals surface area (Å²) in [4.78, 5) is 12.4. The van der Waals surface area contributed by atoms with Crippen molar-refractivity contribution in [1.82, 2.24) is 9.78 Å². The molecule has 3 aromatic rings. The number of rotatable bonds is 3. The van der Waals surface area contributed by atoms with E-state index in [1.807, 2.05) is 6.07 Å². The molecule has 2 aromatic carbocycles. The molecule has 0 radical (unpaired) electrons. The summed E-state index contributed by atoms with van der Waals surface area (Å²) < 4.78 is 41.4. The molecular formula is C18H10ClF3N4O. The smallest absolute Gasteiger partial charge is 0.322 e. The fourth-order valence-corrected chi connectivity index (χ4v) is 2.52. The number of anilines is 1. The van der Waals surface area contributed by atoms with Gasteiger partial charge in [0.25, 0.3) is 5.91 Å². The molecule has 0 aliphatic carbocycles. The van der Waals surface area contributed by atoms with E-state index in [4.69, 9.17) is 16.9 Å². The number of nitrogens with one attached hydrogen (secondary N) is 1. The van der Waals surface area contributed by atoms with E-state index in [1.165, 1.54) is 48.5 Å². The first-order valence-corrected chi connectivity index (χ1v) is 7.90. The number of nitrogens with zero attached hydrogens (tertiary/aromatic N) is 3. The SMILES string of the molecule is N#Cc1ccc(NC(=O)c2cnn(-c3ccc(Cl)cc3)c2C(F)(F)F)cc1. The van der Waals surface area contributed by atoms with E-state index in [1.54, 1.807) is 0 Å². The van der Waals surface area contributed by atoms with Gasteiger partial charge < -0.3 is 5.32 Å². The molecule has 0 saturated heterocycles. The minimum absolute atomic E-state index is 0.115. The number of benzene rings is 2. The van der Waals surface area contributed by atoms with Crippen LogP contribution < -0.4 is 5.32 Å². The molecule has 0 aliphatic heterocycles. The average molecular weight is 391 g/mol. The molecule has 0 atom stereocenters. The molecule has 0 aliphatic rings. The van der Waals surface area contributed by atoms with E-state index in [9.17, 15) is 18.0 Å². The predicted octanol–water partition coefficient (Wildman–Crippen LogP) is 4.67. The highest BCUT2D eigenvalue weighted by Gasteiger charge is 2.40. The Balaban J connectivity index is 1.98. The van der Waals surface area contributed by atoms with Gasteiger partial charge in [-0.15, -0.1) is 0 Å². The lowest BCUT2D eigenvalue weighted by molar-refractivity contribution is -0.143. The third kappa shape index (κ3) is 3.93. The molecule has 5 nitrogen and oxygen atoms in total. The van der Waals surface area contributed by atoms with E-state index in [0.717, 1.165) is 6.20 Å². The van der Waals surface area contributed by atoms with Crippen molar-refractivity contribution in [3.05, 3.63) is 76.6 Å². The number of alkyl halides is 3. The normalized spacial score (nSPS) is 11.1. The van der Waals surface area contributed by atoms with Crippen molar-refractivity contribution in [1.29, 1.82) is 5.26 Å². The van der Waals surface area contributed by atoms with Crippen LogP contribution in [0.4, 0.5) is 18.9 Å². The van der Waals surface area contributed by atoms with Crippen molar-refractivity contribution in [2.75, 3.05) is 5.32 Å². The Morgan fingerprint density at radius 1 is 1.11 bits per heavy atom. The van der Waals surface area contributed by atoms with Gasteiger partial charge in [0.15, 0.2) is 5.69 Å². The van der Waals surface area contributed by atoms with Crippen LogP contribution in [0, 0.1) is 11.3 Å². The summed E-state index contributed by atoms with van der Waals surface area (Å²) in [6, 6.07) is 13.2. The summed E-state index contributed by atoms with van der Waals surface area (Å²) in [5.74, 6) is -0.966. The second-order valence-corrected chi connectivity index (χ2v) is 5.87. The molecule has 1 heterocycles. The first-order chi connectivity index (χ1) is 12.8. The number of aromatic nitrogens is 2. The molecule has 0 unspecified atom stereocenters. The molecule has 1 N–H and O–H groups in total. The van der Waals surface area contributed by atoms with Crippen molar-refractivity contribution in [3.8, 4) is 11.8 Å². The lowest BCUT2D eigenvalue weighted by Crippen LogP contribution is -2.20. The zero-order valence-electron chi connectivity index (χ0n) is 13.5. The van der Waals surface area contributed by atoms with E-state index in [0.29, 0.717) is 15.3 Å². The zero-order chi connectivity index (χ0) is 19.6. The quantitative estimate of drug-likeness (QED) is 0.706. The van der Waals surface area contributed by atoms with Crippen molar-refractivity contribution >= 4 is 23.2 Å². The summed E-state index contributed by atoms with van der Waals surface area (Å²) in [6.45, 7) is 0. The third-order valence-corrected chi connectivity index (χ3v) is 3.88. The summed E-state index contributed by atoms with van der Waals surface area (Å²) >= 11 is 5.76. The molecule has 0 saturated carbocycles. The van der Waals surface area contributed by atoms with Crippen LogP contribution in [0.25, 0.3) is 5.69 Å². The van der Waals surface area contributed by atoms with Crippen LogP contribution in [0.15, 0.2) is 54.7 Å². The Labute approximate surface area is 156 Å². The molecule has 1 aromatic heterocycles. The number of hydrogen-bond acceptors (Lipinski definition) is 3. The minimum Gasteiger partial charge on any atom is -0.322 e. The van der Waals surface area contributed by atoms with E-state index < -0.39 is 23.3 Å². The first-order valence-electron chi connectivity index (χ1n) is 7.52. The van der Waals surface area contributed by atoms with Crippen LogP contribution in [0.5, 0.6) is 0 Å². The summed E-state index contributed by atoms with van der Waals surface area (Å²) in [5, 5.41) is 15.2. The summed E-state index contributed by atoms with van der Waals surface area (Å²) in [5.41, 5.74) is -1.09. The standard InChI is InChI=1S/C18H10ClF3N4O/c19-12-3-7-14(8-4-12)26-16(18(20,21)22)15(10-24-26)17(27)25-13-5-1-11(9-23)2-6-13/h1-8,10H,(H,25,27). The number of halogens is 4. The number of carbonyl (C=O) groups excluding carboxylic acids is 1. The summed E-state index contributed by atoms with van der Waals surface area (Å²) in [6.07, 6.45) is -3.95. The molecule has 9 heteroatoms. The van der Waals surface area contributed by atoms with Gasteiger partial charge in [-0.05, 0) is 48.5 Å². The lowest BCUT2D eigenvalue weighted by atomic mass is 10.2. The fourth-order valence-electron chi connectivity index (χ4n) is 2.39. The maximum Gasteiger partial charge on any atom is 0.434 e. The minimum atomic E-state index is -4.81. The van der Waals surface area contributed by atoms with Crippen LogP contribution >= 0.6 is 11.6 Å². The number of carbonyl (C=O) groups is 1. The number of amides is 1. The first kappa shape index (κ1) is 18.5. The van der Waals surface area contributed by atoms with Crippen LogP contribution in [-0.2, 0) is 6.18 Å². The number of nitriles is 1. The van der Waals surface area contributed by atoms with Gasteiger partial charge in [-0.2, -0.15) is 23.5 Å². The van der Waals surface area contributed by atoms with Crippen LogP contribution in [0.2, 0.25) is 5.02 Å². The van der Waals surface area contributed by atoms with Crippen molar-refractivity contribution in [2.45, 2.75) is 6.18 Å². The second kappa shape index (κ2) is 7.13. The monoisotopic (exact) mass is 390 g/mol. The second-order valence-electron chi connectivity index (χ2n) is 5.44. The van der Waals surface area contributed by atoms with Gasteiger partial charge in [0.2, 0.25) is 0 Å². The highest BCUT2D eigenvalue weighted by atomic mass is 35.5. The highest BCUT2D eigenvalue weighted by molar-refractivity contribution is 6.30. The maximum absolute atomic E-state index is 13.6. The van der Waals surface area contributed by atoms with E-state index >= 15 is 0 Å². The van der Waals surface area contributed by atoms with Crippen LogP contribution in [0.1, 0.15) is 21.6 Å². The lowest BCUT2D eigenvalue weighted by Gasteiger charge is -2.13. The molecule has 0 spiro atoms. The van der Waals surface area contributed by atoms with Gasteiger partial charge >= 0.3 is 6.18 Å². The largest absolute Gasteiger partial charge is 0.434 e. The Bertz CT molecular complexity index is 1020. The fraction of sp³-hybridized carbons (Fsp3) is 0.0556. The third-order valence-electron chi connectivity index (χ3n) is 3.63. The van der Waals surface area contributed by atoms with Gasteiger partial charge in [-0.3, -0.25) is 4.79 Å². The van der Waals surface area contributed by atoms with Gasteiger partial charge in [0.1, 0.15) is 0 Å². The molecule has 1 amide bonds. The van der Waals surface area contributed by atoms with E-state index in [-0.39, 0.29) is 11.4 Å². The molecule has 0 bridgehead atoms. The van der Waals surface area contributed by atoms with Gasteiger partial charge in [-0.1, -0.05) is 11.6 Å². The van der Waals surface area contributed by atoms with Crippen LogP contribution in [-0.4, -0.2) is 15.7 Å². The molecule has 3 rings (SSSR count). The van der Waals surface area contributed by atoms with Crippen LogP contribution in [0.3, 0.4) is 0 Å². The maximum atomic E-state index is 13.6. The van der Waals surface area contributed by atoms with Gasteiger partial charge in [0, 0.05) is 10.7 Å². The van der Waals surface area contributed by atoms with Crippen molar-refractivity contribution < 1.29 is 18.0 Å². The van der Waals surface area contributed by atoms with Crippen molar-refractivity contribution in [2.24, 2.45) is 0 Å². The highest BCUT2D eigenvalue weighted by Crippen LogP contribution is 2.34. The molecule has 27 heavy (non-hydrogen) atoms. The summed E-state index contributed by atoms with van der Waals surface area (Å²) in [7, 11) is 0. The molecule has 0 fully saturated rings. The zero-order valence-corrected chi connectivity index (χ0v) is 14.2. The predicted molar refractivity (Wildman–Crippen MR) is 92.7 cm³/mol. The Morgan fingerprint density at radius 3 is 2.30 bits per heavy atom. The van der Waals surface area contributed by atoms with Gasteiger partial charge in [-0.25, -0.2) is 4.68 Å². The number of hydrogen-bond donors (Lipinski definition) is 1.